The number of methoxy groups -OCH3 is 3. The van der Waals surface area contributed by atoms with Crippen LogP contribution in [0.15, 0.2) is 102 Å². The van der Waals surface area contributed by atoms with Crippen LogP contribution >= 0.6 is 11.6 Å². The number of carbonyl (C=O) groups excluding carboxylic acids is 7. The number of anilines is 2. The van der Waals surface area contributed by atoms with Crippen molar-refractivity contribution in [3.05, 3.63) is 164 Å². The number of nitrogens with zero attached hydrogens (tertiary/aromatic N) is 8. The largest absolute Gasteiger partial charge is 0.512 e. The molecule has 3 saturated heterocycles. The number of allylic oxidation sites excluding steroid dienone is 2. The Hall–Kier alpha value is -8.66. The third-order valence-electron chi connectivity index (χ3n) is 16.4. The lowest BCUT2D eigenvalue weighted by Crippen LogP contribution is -2.44. The molecule has 22 heteroatoms. The van der Waals surface area contributed by atoms with Crippen molar-refractivity contribution in [2.45, 2.75) is 88.5 Å². The number of aryl methyl sites for hydroxylation is 3. The average Bonchev–Trinajstić information content (AvgIpc) is 2.67. The first kappa shape index (κ1) is 68.5. The minimum Gasteiger partial charge on any atom is -0.512 e. The molecule has 2 aromatic heterocycles. The number of amides is 3. The Bertz CT molecular complexity index is 3530. The van der Waals surface area contributed by atoms with Crippen LogP contribution in [0.2, 0.25) is 5.02 Å². The topological polar surface area (TPSA) is 254 Å². The molecule has 3 amide bonds. The van der Waals surface area contributed by atoms with Crippen LogP contribution in [0.5, 0.6) is 0 Å². The number of nitrogens with two attached hydrogens (primary N) is 1. The van der Waals surface area contributed by atoms with Gasteiger partial charge < -0.3 is 44.3 Å². The van der Waals surface area contributed by atoms with E-state index in [0.29, 0.717) is 107 Å². The molecule has 3 fully saturated rings. The number of hydrogen-bond acceptors (Lipinski definition) is 16. The van der Waals surface area contributed by atoms with Gasteiger partial charge in [-0.3, -0.25) is 25.0 Å². The fourth-order valence-corrected chi connectivity index (χ4v) is 11.1. The smallest absolute Gasteiger partial charge is 0.337 e. The highest BCUT2D eigenvalue weighted by molar-refractivity contribution is 6.31. The number of hydrogen-bond donors (Lipinski definition) is 3. The summed E-state index contributed by atoms with van der Waals surface area (Å²) in [6.07, 6.45) is 2.16. The number of ketones is 1. The second-order valence-electron chi connectivity index (χ2n) is 22.3. The van der Waals surface area contributed by atoms with Crippen molar-refractivity contribution in [3.8, 4) is 11.4 Å². The Balaban J connectivity index is 0.000000261. The van der Waals surface area contributed by atoms with E-state index in [1.54, 1.807) is 73.1 Å². The number of nitrogen functional groups attached to an aromatic ring is 1. The first-order valence-electron chi connectivity index (χ1n) is 29.2. The van der Waals surface area contributed by atoms with Crippen LogP contribution in [0.4, 0.5) is 11.4 Å². The van der Waals surface area contributed by atoms with Gasteiger partial charge in [0, 0.05) is 86.3 Å². The molecule has 6 aromatic rings. The SMILES string of the molecule is CC(=O)C(C)=C(C)O.COC(=O)c1cccc(-n2nc(C)c(C(=O)N3C[C@H]4CN(CCCN(C(=O)C5CCN(C(C)=O)CC5)c5ccc(C)c(Cl)c5)C[C@H]4C3)c2C)c1.COC(=O)c1cccc(-n2nc(C)c(C)c2C)c1.COC(=O)c1cccc(NN)c1. The van der Waals surface area contributed by atoms with E-state index in [2.05, 4.69) is 25.3 Å². The molecule has 0 spiro atoms. The maximum Gasteiger partial charge on any atom is 0.337 e. The van der Waals surface area contributed by atoms with Crippen molar-refractivity contribution in [2.75, 3.05) is 84.0 Å². The zero-order chi connectivity index (χ0) is 64.7. The van der Waals surface area contributed by atoms with E-state index < -0.39 is 5.97 Å². The van der Waals surface area contributed by atoms with E-state index >= 15 is 0 Å². The predicted octanol–water partition coefficient (Wildman–Crippen LogP) is 9.69. The third kappa shape index (κ3) is 17.1. The summed E-state index contributed by atoms with van der Waals surface area (Å²) in [4.78, 5) is 92.7. The Morgan fingerprint density at radius 2 is 1.17 bits per heavy atom. The van der Waals surface area contributed by atoms with Crippen LogP contribution in [-0.2, 0) is 28.6 Å². The number of aliphatic hydroxyl groups excluding tert-OH is 1. The Labute approximate surface area is 520 Å². The van der Waals surface area contributed by atoms with E-state index in [-0.39, 0.29) is 47.1 Å². The highest BCUT2D eigenvalue weighted by Crippen LogP contribution is 2.34. The molecule has 0 bridgehead atoms. The van der Waals surface area contributed by atoms with Gasteiger partial charge in [0.15, 0.2) is 5.78 Å². The number of fused-ring (bicyclic) bond motifs is 1. The highest BCUT2D eigenvalue weighted by Gasteiger charge is 2.42. The van der Waals surface area contributed by atoms with E-state index in [9.17, 15) is 33.6 Å². The molecule has 2 atom stereocenters. The number of esters is 3. The summed E-state index contributed by atoms with van der Waals surface area (Å²) < 4.78 is 17.7. The number of likely N-dealkylation sites (tertiary alicyclic amines) is 3. The molecule has 5 heterocycles. The quantitative estimate of drug-likeness (QED) is 0.0229. The first-order chi connectivity index (χ1) is 41.8. The van der Waals surface area contributed by atoms with Crippen LogP contribution in [0.25, 0.3) is 11.4 Å². The molecule has 0 radical (unpaired) electrons. The van der Waals surface area contributed by atoms with Gasteiger partial charge in [0.2, 0.25) is 11.8 Å². The van der Waals surface area contributed by atoms with Crippen LogP contribution in [0.1, 0.15) is 122 Å². The molecule has 0 saturated carbocycles. The summed E-state index contributed by atoms with van der Waals surface area (Å²) in [5, 5.41) is 18.4. The molecule has 88 heavy (non-hydrogen) atoms. The predicted molar refractivity (Wildman–Crippen MR) is 338 cm³/mol. The van der Waals surface area contributed by atoms with Gasteiger partial charge in [-0.15, -0.1) is 0 Å². The summed E-state index contributed by atoms with van der Waals surface area (Å²) in [7, 11) is 4.07. The minimum absolute atomic E-state index is 0.00336. The number of halogens is 1. The summed E-state index contributed by atoms with van der Waals surface area (Å²) in [5.74, 6) is 4.88. The molecule has 0 unspecified atom stereocenters. The molecule has 4 N–H and O–H groups in total. The average molecular weight is 1230 g/mol. The van der Waals surface area contributed by atoms with Crippen molar-refractivity contribution >= 4 is 64.4 Å². The van der Waals surface area contributed by atoms with Gasteiger partial charge in [-0.05, 0) is 178 Å². The number of carbonyl (C=O) groups is 7. The number of nitrogens with one attached hydrogen (secondary N) is 1. The van der Waals surface area contributed by atoms with E-state index in [1.165, 1.54) is 40.7 Å². The van der Waals surface area contributed by atoms with Gasteiger partial charge in [-0.25, -0.2) is 23.7 Å². The number of hydrazine groups is 1. The first-order valence-corrected chi connectivity index (χ1v) is 29.5. The fourth-order valence-electron chi connectivity index (χ4n) is 10.9. The van der Waals surface area contributed by atoms with Crippen molar-refractivity contribution < 1.29 is 52.9 Å². The van der Waals surface area contributed by atoms with E-state index in [0.717, 1.165) is 60.1 Å². The molecule has 0 aliphatic carbocycles. The van der Waals surface area contributed by atoms with Crippen molar-refractivity contribution in [3.63, 3.8) is 0 Å². The lowest BCUT2D eigenvalue weighted by atomic mass is 9.94. The van der Waals surface area contributed by atoms with Gasteiger partial charge >= 0.3 is 17.9 Å². The molecule has 9 rings (SSSR count). The van der Waals surface area contributed by atoms with Crippen LogP contribution in [0.3, 0.4) is 0 Å². The van der Waals surface area contributed by atoms with Gasteiger partial charge in [0.05, 0.1) is 77.8 Å². The van der Waals surface area contributed by atoms with Crippen LogP contribution in [-0.4, -0.2) is 154 Å². The summed E-state index contributed by atoms with van der Waals surface area (Å²) in [5.41, 5.74) is 13.6. The molecule has 3 aliphatic rings. The number of benzene rings is 4. The standard InChI is InChI=1S/C38H47ClN6O5.C14H16N2O2.C8H10N2O2.C6H10O2/c1-24-10-11-32(19-34(24)39)44(36(47)28-12-16-42(17-13-28)27(4)46)15-7-14-41-20-30-22-43(23-31(30)21-41)37(48)35-25(2)40-45(26(35)3)33-9-6-8-29(18-33)38(49)50-5;1-9-10(2)15-16(11(9)3)13-7-5-6-12(8-13)14(17)18-4;1-12-8(11)6-3-2-4-7(5-6)10-9;1-4(5(2)7)6(3)8/h6,8-11,18-19,28,30-31H,7,12-17,20-23H2,1-5H3;5-8H,1-4H3;2-5,10H,9H2,1H3;7H,1-3H3/t30-,31+;;;. The van der Waals surface area contributed by atoms with Crippen molar-refractivity contribution in [1.29, 1.82) is 0 Å². The lowest BCUT2D eigenvalue weighted by Gasteiger charge is -2.34. The number of aromatic nitrogens is 4. The minimum atomic E-state index is -0.424. The maximum absolute atomic E-state index is 13.9. The fraction of sp³-hybridized carbons (Fsp3) is 0.409. The zero-order valence-electron chi connectivity index (χ0n) is 52.7. The van der Waals surface area contributed by atoms with Gasteiger partial charge in [-0.2, -0.15) is 10.2 Å². The Kier molecular flexibility index (Phi) is 24.4. The summed E-state index contributed by atoms with van der Waals surface area (Å²) in [6, 6.07) is 26.9. The summed E-state index contributed by atoms with van der Waals surface area (Å²) >= 11 is 6.50. The van der Waals surface area contributed by atoms with Crippen molar-refractivity contribution in [1.82, 2.24) is 34.3 Å². The molecule has 3 aliphatic heterocycles. The molecule has 4 aromatic carbocycles. The number of piperidine rings is 1. The molecule has 21 nitrogen and oxygen atoms in total. The third-order valence-corrected chi connectivity index (χ3v) is 16.8. The summed E-state index contributed by atoms with van der Waals surface area (Å²) in [6.45, 7) is 23.7. The van der Waals surface area contributed by atoms with Crippen LogP contribution < -0.4 is 16.2 Å². The lowest BCUT2D eigenvalue weighted by molar-refractivity contribution is -0.133. The Morgan fingerprint density at radius 3 is 1.62 bits per heavy atom. The number of ether oxygens (including phenoxy) is 3. The van der Waals surface area contributed by atoms with Gasteiger partial charge in [-0.1, -0.05) is 35.9 Å². The number of Topliss-reactive ketones (excluding diaryl/α,β-unsaturated/α-hetero) is 1. The zero-order valence-corrected chi connectivity index (χ0v) is 53.5. The normalized spacial score (nSPS) is 15.6. The van der Waals surface area contributed by atoms with E-state index in [4.69, 9.17) is 32.0 Å². The second kappa shape index (κ2) is 31.3. The number of aliphatic hydroxyl groups is 1. The van der Waals surface area contributed by atoms with Crippen LogP contribution in [0, 0.1) is 59.3 Å². The second-order valence-corrected chi connectivity index (χ2v) is 22.7. The Morgan fingerprint density at radius 1 is 0.659 bits per heavy atom. The molecular weight excluding hydrogens is 1140 g/mol. The molecular formula is C66H83ClN10O11. The number of rotatable bonds is 14. The molecule has 470 valence electrons. The maximum atomic E-state index is 13.9. The van der Waals surface area contributed by atoms with Crippen molar-refractivity contribution in [2.24, 2.45) is 23.6 Å². The highest BCUT2D eigenvalue weighted by atomic mass is 35.5. The monoisotopic (exact) mass is 1230 g/mol. The van der Waals surface area contributed by atoms with Gasteiger partial charge in [0.25, 0.3) is 5.91 Å². The van der Waals surface area contributed by atoms with E-state index in [1.807, 2.05) is 97.3 Å². The van der Waals surface area contributed by atoms with Gasteiger partial charge in [0.1, 0.15) is 0 Å².